The second-order valence-corrected chi connectivity index (χ2v) is 19.4. The zero-order valence-electron chi connectivity index (χ0n) is 43.7. The van der Waals surface area contributed by atoms with Crippen LogP contribution in [0.5, 0.6) is 11.8 Å². The third-order valence-corrected chi connectivity index (χ3v) is 13.7. The van der Waals surface area contributed by atoms with Crippen molar-refractivity contribution in [3.8, 4) is 34.4 Å². The zero-order valence-corrected chi connectivity index (χ0v) is 43.7. The molecule has 0 radical (unpaired) electrons. The molecule has 6 aromatic rings. The van der Waals surface area contributed by atoms with Crippen molar-refractivity contribution in [2.75, 3.05) is 48.5 Å². The van der Waals surface area contributed by atoms with Gasteiger partial charge in [0, 0.05) is 43.0 Å². The number of hydrogen-bond acceptors (Lipinski definition) is 14. The topological polar surface area (TPSA) is 195 Å². The fourth-order valence-corrected chi connectivity index (χ4v) is 8.55. The number of ketones is 2. The molecule has 0 saturated carbocycles. The highest BCUT2D eigenvalue weighted by molar-refractivity contribution is 5.87. The third-order valence-electron chi connectivity index (χ3n) is 13.7. The molecule has 16 nitrogen and oxygen atoms in total. The SMILES string of the molecule is CCC(=O)CCCCC[C@H](NC(=O)C(C)(C)N(C)C)c1ncc(-c2cc3ccccc3nc2OC)o1.CCC(=O)CCCCC[C@H](NC(=O)C1CCN(C)C1)c1ncc(-c2cc3ccccc3nc2OC)o1. The van der Waals surface area contributed by atoms with Crippen molar-refractivity contribution in [1.29, 1.82) is 0 Å². The summed E-state index contributed by atoms with van der Waals surface area (Å²) < 4.78 is 23.5. The number of likely N-dealkylation sites (N-methyl/N-ethyl adjacent to an activating group) is 1. The van der Waals surface area contributed by atoms with Crippen LogP contribution in [0.15, 0.2) is 81.9 Å². The molecule has 1 fully saturated rings. The summed E-state index contributed by atoms with van der Waals surface area (Å²) >= 11 is 0. The number of carbonyl (C=O) groups excluding carboxylic acids is 4. The maximum atomic E-state index is 13.1. The summed E-state index contributed by atoms with van der Waals surface area (Å²) in [7, 11) is 8.95. The van der Waals surface area contributed by atoms with E-state index >= 15 is 0 Å². The average molecular weight is 987 g/mol. The number of rotatable bonds is 25. The van der Waals surface area contributed by atoms with E-state index in [9.17, 15) is 19.2 Å². The summed E-state index contributed by atoms with van der Waals surface area (Å²) in [5, 5.41) is 8.27. The van der Waals surface area contributed by atoms with Gasteiger partial charge in [0.1, 0.15) is 23.7 Å². The molecular weight excluding hydrogens is 913 g/mol. The van der Waals surface area contributed by atoms with Gasteiger partial charge in [-0.2, -0.15) is 0 Å². The van der Waals surface area contributed by atoms with E-state index in [4.69, 9.17) is 18.3 Å². The summed E-state index contributed by atoms with van der Waals surface area (Å²) in [6, 6.07) is 18.9. The molecule has 72 heavy (non-hydrogen) atoms. The monoisotopic (exact) mass is 987 g/mol. The Labute approximate surface area is 424 Å². The standard InChI is InChI=1S/C28H36N4O4.C28H38N4O4/c1-4-21(33)11-6-5-7-13-24(30-26(34)20-14-15-32(2)18-20)28-29-17-25(36-28)22-16-19-10-8-9-12-23(19)31-27(22)35-3;1-7-20(33)14-9-8-10-16-23(31-27(34)28(2,3)32(4)5)26-29-18-24(36-26)21-17-19-13-11-12-15-22(19)30-25(21)35-6/h8-10,12,16-17,20,24H,4-7,11,13-15,18H2,1-3H3,(H,30,34);11-13,15,17-18,23H,7-10,14,16H2,1-6H3,(H,31,34)/t20?,24-;23-/m00/s1. The number of pyridine rings is 2. The second kappa shape index (κ2) is 26.3. The molecule has 386 valence electrons. The minimum Gasteiger partial charge on any atom is -0.480 e. The number of Topliss-reactive ketones (excluding diaryl/α,β-unsaturated/α-hetero) is 2. The van der Waals surface area contributed by atoms with Gasteiger partial charge in [-0.25, -0.2) is 19.9 Å². The number of fused-ring (bicyclic) bond motifs is 2. The number of amides is 2. The molecule has 16 heteroatoms. The second-order valence-electron chi connectivity index (χ2n) is 19.4. The summed E-state index contributed by atoms with van der Waals surface area (Å²) in [5.41, 5.74) is 2.39. The highest BCUT2D eigenvalue weighted by Crippen LogP contribution is 2.36. The minimum atomic E-state index is -0.702. The smallest absolute Gasteiger partial charge is 0.240 e. The number of unbranched alkanes of at least 4 members (excludes halogenated alkanes) is 4. The summed E-state index contributed by atoms with van der Waals surface area (Å²) in [6.07, 6.45) is 13.1. The Kier molecular flexibility index (Phi) is 20.0. The van der Waals surface area contributed by atoms with Gasteiger partial charge in [-0.05, 0) is 97.9 Å². The van der Waals surface area contributed by atoms with Gasteiger partial charge in [0.15, 0.2) is 11.5 Å². The fraction of sp³-hybridized carbons (Fsp3) is 0.500. The number of likely N-dealkylation sites (tertiary alicyclic amines) is 1. The molecule has 2 N–H and O–H groups in total. The molecule has 1 saturated heterocycles. The molecule has 0 spiro atoms. The molecule has 1 aliphatic heterocycles. The molecule has 7 rings (SSSR count). The fourth-order valence-electron chi connectivity index (χ4n) is 8.55. The van der Waals surface area contributed by atoms with Crippen molar-refractivity contribution in [3.05, 3.63) is 84.8 Å². The molecular formula is C56H74N8O8. The van der Waals surface area contributed by atoms with Gasteiger partial charge in [-0.3, -0.25) is 24.1 Å². The van der Waals surface area contributed by atoms with Crippen molar-refractivity contribution in [2.24, 2.45) is 5.92 Å². The molecule has 2 aromatic carbocycles. The first-order valence-electron chi connectivity index (χ1n) is 25.5. The number of methoxy groups -OCH3 is 2. The van der Waals surface area contributed by atoms with Crippen LogP contribution in [0.4, 0.5) is 0 Å². The first-order chi connectivity index (χ1) is 34.6. The van der Waals surface area contributed by atoms with Crippen LogP contribution in [-0.4, -0.2) is 107 Å². The number of carbonyl (C=O) groups is 4. The van der Waals surface area contributed by atoms with Gasteiger partial charge in [0.05, 0.1) is 60.2 Å². The Morgan fingerprint density at radius 2 is 1.19 bits per heavy atom. The average Bonchev–Trinajstić information content (AvgIpc) is 4.19. The molecule has 3 atom stereocenters. The van der Waals surface area contributed by atoms with Crippen molar-refractivity contribution in [1.82, 2.24) is 40.4 Å². The Morgan fingerprint density at radius 1 is 0.722 bits per heavy atom. The van der Waals surface area contributed by atoms with Gasteiger partial charge >= 0.3 is 0 Å². The van der Waals surface area contributed by atoms with E-state index in [0.717, 1.165) is 85.4 Å². The van der Waals surface area contributed by atoms with Crippen LogP contribution >= 0.6 is 0 Å². The lowest BCUT2D eigenvalue weighted by Gasteiger charge is -2.32. The van der Waals surface area contributed by atoms with Crippen molar-refractivity contribution in [3.63, 3.8) is 0 Å². The molecule has 0 bridgehead atoms. The highest BCUT2D eigenvalue weighted by atomic mass is 16.5. The zero-order chi connectivity index (χ0) is 51.8. The van der Waals surface area contributed by atoms with Crippen molar-refractivity contribution >= 4 is 45.2 Å². The number of hydrogen-bond donors (Lipinski definition) is 2. The summed E-state index contributed by atoms with van der Waals surface area (Å²) in [5.74, 6) is 3.38. The van der Waals surface area contributed by atoms with E-state index in [1.807, 2.05) is 114 Å². The van der Waals surface area contributed by atoms with E-state index in [2.05, 4.69) is 35.5 Å². The largest absolute Gasteiger partial charge is 0.480 e. The van der Waals surface area contributed by atoms with Gasteiger partial charge in [0.25, 0.3) is 0 Å². The van der Waals surface area contributed by atoms with Gasteiger partial charge in [-0.1, -0.05) is 75.9 Å². The van der Waals surface area contributed by atoms with Crippen molar-refractivity contribution in [2.45, 2.75) is 129 Å². The Hall–Kier alpha value is -6.52. The lowest BCUT2D eigenvalue weighted by molar-refractivity contribution is -0.131. The van der Waals surface area contributed by atoms with Crippen LogP contribution in [0.2, 0.25) is 0 Å². The molecule has 5 heterocycles. The first-order valence-corrected chi connectivity index (χ1v) is 25.5. The van der Waals surface area contributed by atoms with Crippen LogP contribution < -0.4 is 20.1 Å². The van der Waals surface area contributed by atoms with E-state index in [1.165, 1.54) is 0 Å². The number of para-hydroxylation sites is 2. The quantitative estimate of drug-likeness (QED) is 0.0514. The molecule has 1 aliphatic rings. The van der Waals surface area contributed by atoms with Crippen LogP contribution in [0, 0.1) is 5.92 Å². The molecule has 4 aromatic heterocycles. The predicted octanol–water partition coefficient (Wildman–Crippen LogP) is 10.3. The highest BCUT2D eigenvalue weighted by Gasteiger charge is 2.34. The molecule has 0 aliphatic carbocycles. The third kappa shape index (κ3) is 14.6. The number of nitrogens with zero attached hydrogens (tertiary/aromatic N) is 6. The van der Waals surface area contributed by atoms with Gasteiger partial charge in [0.2, 0.25) is 35.4 Å². The number of nitrogens with one attached hydrogen (secondary N) is 2. The first kappa shape index (κ1) is 54.8. The maximum Gasteiger partial charge on any atom is 0.240 e. The maximum absolute atomic E-state index is 13.1. The number of ether oxygens (including phenoxy) is 2. The predicted molar refractivity (Wildman–Crippen MR) is 279 cm³/mol. The van der Waals surface area contributed by atoms with Crippen LogP contribution in [-0.2, 0) is 19.2 Å². The van der Waals surface area contributed by atoms with E-state index in [1.54, 1.807) is 26.6 Å². The minimum absolute atomic E-state index is 0.0288. The lowest BCUT2D eigenvalue weighted by Crippen LogP contribution is -2.52. The Morgan fingerprint density at radius 3 is 1.62 bits per heavy atom. The van der Waals surface area contributed by atoms with Gasteiger partial charge < -0.3 is 33.8 Å². The summed E-state index contributed by atoms with van der Waals surface area (Å²) in [4.78, 5) is 71.8. The van der Waals surface area contributed by atoms with Crippen molar-refractivity contribution < 1.29 is 37.5 Å². The number of benzene rings is 2. The van der Waals surface area contributed by atoms with Crippen LogP contribution in [0.1, 0.15) is 135 Å². The number of oxazole rings is 2. The number of aromatic nitrogens is 4. The van der Waals surface area contributed by atoms with E-state index in [0.29, 0.717) is 84.9 Å². The van der Waals surface area contributed by atoms with E-state index < -0.39 is 11.6 Å². The normalized spacial score (nSPS) is 14.7. The summed E-state index contributed by atoms with van der Waals surface area (Å²) in [6.45, 7) is 9.22. The Balaban J connectivity index is 0.000000235. The molecule has 1 unspecified atom stereocenters. The Bertz CT molecular complexity index is 2750. The van der Waals surface area contributed by atoms with Crippen LogP contribution in [0.25, 0.3) is 44.5 Å². The lowest BCUT2D eigenvalue weighted by atomic mass is 10.0. The van der Waals surface area contributed by atoms with Gasteiger partial charge in [-0.15, -0.1) is 0 Å². The van der Waals surface area contributed by atoms with E-state index in [-0.39, 0.29) is 29.6 Å². The van der Waals surface area contributed by atoms with Crippen LogP contribution in [0.3, 0.4) is 0 Å². The molecule has 2 amide bonds.